The molecule has 1 fully saturated rings. The van der Waals surface area contributed by atoms with Crippen molar-refractivity contribution in [2.75, 3.05) is 12.4 Å². The molecular weight excluding hydrogens is 502 g/mol. The van der Waals surface area contributed by atoms with Gasteiger partial charge < -0.3 is 13.9 Å². The lowest BCUT2D eigenvalue weighted by Gasteiger charge is -2.14. The first-order valence-electron chi connectivity index (χ1n) is 13.3. The van der Waals surface area contributed by atoms with Crippen LogP contribution in [0.4, 0.5) is 10.7 Å². The minimum atomic E-state index is -0.589. The van der Waals surface area contributed by atoms with E-state index in [1.165, 1.54) is 7.11 Å². The minimum absolute atomic E-state index is 0.167. The predicted molar refractivity (Wildman–Crippen MR) is 155 cm³/mol. The van der Waals surface area contributed by atoms with Gasteiger partial charge in [-0.05, 0) is 53.6 Å². The Morgan fingerprint density at radius 1 is 0.800 bits per heavy atom. The number of methoxy groups -OCH3 is 1. The van der Waals surface area contributed by atoms with E-state index in [1.54, 1.807) is 0 Å². The molecule has 6 nitrogen and oxygen atoms in total. The first-order valence-corrected chi connectivity index (χ1v) is 13.3. The van der Waals surface area contributed by atoms with Gasteiger partial charge in [0.25, 0.3) is 0 Å². The Balaban J connectivity index is 1.25. The summed E-state index contributed by atoms with van der Waals surface area (Å²) in [5.74, 6) is 0.167. The molecule has 200 valence electrons. The summed E-state index contributed by atoms with van der Waals surface area (Å²) < 4.78 is 16.7. The van der Waals surface area contributed by atoms with Crippen molar-refractivity contribution in [3.63, 3.8) is 0 Å². The van der Waals surface area contributed by atoms with E-state index in [-0.39, 0.29) is 5.97 Å². The van der Waals surface area contributed by atoms with Crippen LogP contribution in [0, 0.1) is 0 Å². The van der Waals surface area contributed by atoms with Crippen molar-refractivity contribution in [1.82, 2.24) is 0 Å². The molecule has 0 saturated heterocycles. The van der Waals surface area contributed by atoms with Gasteiger partial charge in [0.2, 0.25) is 5.88 Å². The van der Waals surface area contributed by atoms with Crippen molar-refractivity contribution in [1.29, 1.82) is 0 Å². The molecule has 1 saturated carbocycles. The third-order valence-electron chi connectivity index (χ3n) is 7.63. The van der Waals surface area contributed by atoms with Crippen LogP contribution in [0.2, 0.25) is 0 Å². The first-order chi connectivity index (χ1) is 19.5. The lowest BCUT2D eigenvalue weighted by Crippen LogP contribution is -2.21. The number of nitrogens with one attached hydrogen (secondary N) is 1. The molecule has 1 aliphatic rings. The maximum absolute atomic E-state index is 12.8. The van der Waals surface area contributed by atoms with Crippen LogP contribution in [0.5, 0.6) is 0 Å². The molecule has 6 heteroatoms. The van der Waals surface area contributed by atoms with Crippen molar-refractivity contribution in [3.05, 3.63) is 114 Å². The van der Waals surface area contributed by atoms with E-state index in [1.807, 2.05) is 110 Å². The summed E-state index contributed by atoms with van der Waals surface area (Å²) in [6.45, 7) is 1.83. The van der Waals surface area contributed by atoms with Crippen molar-refractivity contribution < 1.29 is 23.5 Å². The van der Waals surface area contributed by atoms with Crippen LogP contribution in [-0.4, -0.2) is 19.2 Å². The van der Waals surface area contributed by atoms with Crippen LogP contribution >= 0.6 is 0 Å². The Morgan fingerprint density at radius 2 is 1.40 bits per heavy atom. The Morgan fingerprint density at radius 3 is 2.05 bits per heavy atom. The average Bonchev–Trinajstić information content (AvgIpc) is 3.73. The van der Waals surface area contributed by atoms with Gasteiger partial charge in [-0.25, -0.2) is 4.79 Å². The van der Waals surface area contributed by atoms with E-state index in [2.05, 4.69) is 5.32 Å². The van der Waals surface area contributed by atoms with Gasteiger partial charge in [-0.15, -0.1) is 0 Å². The molecule has 1 aromatic heterocycles. The molecule has 0 radical (unpaired) electrons. The number of furan rings is 1. The fraction of sp³-hybridized carbons (Fsp3) is 0.176. The van der Waals surface area contributed by atoms with E-state index < -0.39 is 17.6 Å². The SMILES string of the molecule is COC(=O)C1(c2ccc(-c3ccc(-c4c(NC(=O)OC(C)c5ccccc5)oc5ccccc45)cc3)cc2)CC1. The standard InChI is InChI=1S/C34H29NO5/c1-22(23-8-4-3-5-9-23)39-33(37)35-31-30(28-10-6-7-11-29(28)40-31)26-14-12-24(13-15-26)25-16-18-27(19-17-25)34(20-21-34)32(36)38-2/h3-19,22H,20-21H2,1-2H3,(H,35,37). The lowest BCUT2D eigenvalue weighted by atomic mass is 9.93. The summed E-state index contributed by atoms with van der Waals surface area (Å²) >= 11 is 0. The Kier molecular flexibility index (Phi) is 6.60. The zero-order valence-electron chi connectivity index (χ0n) is 22.3. The van der Waals surface area contributed by atoms with E-state index >= 15 is 0 Å². The molecule has 6 rings (SSSR count). The van der Waals surface area contributed by atoms with Crippen LogP contribution in [0.25, 0.3) is 33.2 Å². The second-order valence-electron chi connectivity index (χ2n) is 10.1. The number of esters is 1. The second kappa shape index (κ2) is 10.4. The monoisotopic (exact) mass is 531 g/mol. The normalized spacial score (nSPS) is 14.3. The number of amides is 1. The molecule has 4 aromatic carbocycles. The highest BCUT2D eigenvalue weighted by Crippen LogP contribution is 2.49. The van der Waals surface area contributed by atoms with Crippen LogP contribution in [0.15, 0.2) is 108 Å². The van der Waals surface area contributed by atoms with Gasteiger partial charge >= 0.3 is 12.1 Å². The van der Waals surface area contributed by atoms with Crippen LogP contribution in [0.1, 0.15) is 37.0 Å². The van der Waals surface area contributed by atoms with E-state index in [9.17, 15) is 9.59 Å². The number of hydrogen-bond donors (Lipinski definition) is 1. The third kappa shape index (κ3) is 4.73. The second-order valence-corrected chi connectivity index (χ2v) is 10.1. The summed E-state index contributed by atoms with van der Waals surface area (Å²) in [5.41, 5.74) is 5.86. The Labute approximate surface area is 232 Å². The summed E-state index contributed by atoms with van der Waals surface area (Å²) in [6.07, 6.45) is 0.638. The summed E-state index contributed by atoms with van der Waals surface area (Å²) in [7, 11) is 1.44. The molecule has 1 heterocycles. The fourth-order valence-corrected chi connectivity index (χ4v) is 5.24. The van der Waals surface area contributed by atoms with Crippen LogP contribution in [0.3, 0.4) is 0 Å². The molecule has 1 N–H and O–H groups in total. The van der Waals surface area contributed by atoms with Crippen molar-refractivity contribution in [2.24, 2.45) is 0 Å². The molecule has 1 atom stereocenters. The molecule has 1 unspecified atom stereocenters. The van der Waals surface area contributed by atoms with E-state index in [0.717, 1.165) is 51.6 Å². The lowest BCUT2D eigenvalue weighted by molar-refractivity contribution is -0.143. The van der Waals surface area contributed by atoms with Gasteiger partial charge in [0.15, 0.2) is 0 Å². The molecular formula is C34H29NO5. The van der Waals surface area contributed by atoms with Crippen molar-refractivity contribution in [3.8, 4) is 22.3 Å². The molecule has 0 spiro atoms. The molecule has 5 aromatic rings. The van der Waals surface area contributed by atoms with Crippen LogP contribution in [-0.2, 0) is 19.7 Å². The average molecular weight is 532 g/mol. The van der Waals surface area contributed by atoms with E-state index in [4.69, 9.17) is 13.9 Å². The number of hydrogen-bond acceptors (Lipinski definition) is 5. The highest BCUT2D eigenvalue weighted by molar-refractivity contribution is 6.03. The highest BCUT2D eigenvalue weighted by atomic mass is 16.6. The van der Waals surface area contributed by atoms with Gasteiger partial charge in [-0.2, -0.15) is 0 Å². The van der Waals surface area contributed by atoms with Crippen molar-refractivity contribution >= 4 is 28.9 Å². The molecule has 1 aliphatic carbocycles. The smallest absolute Gasteiger partial charge is 0.414 e. The van der Waals surface area contributed by atoms with Gasteiger partial charge in [-0.1, -0.05) is 97.1 Å². The number of para-hydroxylation sites is 1. The molecule has 0 aliphatic heterocycles. The fourth-order valence-electron chi connectivity index (χ4n) is 5.24. The zero-order chi connectivity index (χ0) is 27.7. The number of ether oxygens (including phenoxy) is 2. The summed E-state index contributed by atoms with van der Waals surface area (Å²) in [5, 5.41) is 3.71. The van der Waals surface area contributed by atoms with Gasteiger partial charge in [-0.3, -0.25) is 10.1 Å². The largest absolute Gasteiger partial charge is 0.468 e. The summed E-state index contributed by atoms with van der Waals surface area (Å²) in [4.78, 5) is 25.1. The number of carbonyl (C=O) groups is 2. The molecule has 0 bridgehead atoms. The third-order valence-corrected chi connectivity index (χ3v) is 7.63. The Hall–Kier alpha value is -4.84. The summed E-state index contributed by atoms with van der Waals surface area (Å²) in [6, 6.07) is 33.5. The number of carbonyl (C=O) groups excluding carboxylic acids is 2. The zero-order valence-corrected chi connectivity index (χ0v) is 22.3. The maximum atomic E-state index is 12.8. The predicted octanol–water partition coefficient (Wildman–Crippen LogP) is 8.28. The minimum Gasteiger partial charge on any atom is -0.468 e. The number of fused-ring (bicyclic) bond motifs is 1. The van der Waals surface area contributed by atoms with E-state index in [0.29, 0.717) is 11.5 Å². The maximum Gasteiger partial charge on any atom is 0.414 e. The quantitative estimate of drug-likeness (QED) is 0.214. The molecule has 40 heavy (non-hydrogen) atoms. The number of benzene rings is 4. The highest BCUT2D eigenvalue weighted by Gasteiger charge is 2.52. The van der Waals surface area contributed by atoms with Gasteiger partial charge in [0, 0.05) is 5.39 Å². The Bertz CT molecular complexity index is 1670. The number of anilines is 1. The van der Waals surface area contributed by atoms with Gasteiger partial charge in [0.1, 0.15) is 11.7 Å². The molecule has 1 amide bonds. The van der Waals surface area contributed by atoms with Gasteiger partial charge in [0.05, 0.1) is 18.1 Å². The first kappa shape index (κ1) is 25.4. The topological polar surface area (TPSA) is 77.8 Å². The van der Waals surface area contributed by atoms with Crippen molar-refractivity contribution in [2.45, 2.75) is 31.3 Å². The number of rotatable bonds is 7. The van der Waals surface area contributed by atoms with Crippen LogP contribution < -0.4 is 5.32 Å².